The number of rotatable bonds is 6. The Bertz CT molecular complexity index is 886. The number of anilines is 1. The van der Waals surface area contributed by atoms with Crippen LogP contribution in [-0.2, 0) is 11.2 Å². The van der Waals surface area contributed by atoms with Gasteiger partial charge in [0.15, 0.2) is 0 Å². The zero-order valence-corrected chi connectivity index (χ0v) is 14.7. The summed E-state index contributed by atoms with van der Waals surface area (Å²) in [6.07, 6.45) is 2.22. The Labute approximate surface area is 148 Å². The standard InChI is InChI=1S/C22H23NO2/c1-16-14-17(10-13-21(16)25-2)6-5-9-22(24)23-20-12-11-18-7-3-4-8-19(18)15-20/h3-4,7-8,10-15H,5-6,9H2,1-2H3,(H,23,24). The van der Waals surface area contributed by atoms with Crippen LogP contribution >= 0.6 is 0 Å². The van der Waals surface area contributed by atoms with Crippen molar-refractivity contribution in [3.63, 3.8) is 0 Å². The molecular formula is C22H23NO2. The van der Waals surface area contributed by atoms with E-state index in [9.17, 15) is 4.79 Å². The molecule has 25 heavy (non-hydrogen) atoms. The van der Waals surface area contributed by atoms with Gasteiger partial charge in [-0.1, -0.05) is 42.5 Å². The number of benzene rings is 3. The number of hydrogen-bond donors (Lipinski definition) is 1. The molecule has 0 aliphatic heterocycles. The molecule has 0 aliphatic carbocycles. The number of carbonyl (C=O) groups excluding carboxylic acids is 1. The van der Waals surface area contributed by atoms with Gasteiger partial charge in [0, 0.05) is 12.1 Å². The molecule has 0 bridgehead atoms. The Morgan fingerprint density at radius 1 is 1.00 bits per heavy atom. The Kier molecular flexibility index (Phi) is 5.34. The van der Waals surface area contributed by atoms with Crippen molar-refractivity contribution < 1.29 is 9.53 Å². The summed E-state index contributed by atoms with van der Waals surface area (Å²) in [6.45, 7) is 2.04. The Hall–Kier alpha value is -2.81. The lowest BCUT2D eigenvalue weighted by Crippen LogP contribution is -2.11. The Morgan fingerprint density at radius 3 is 2.56 bits per heavy atom. The average molecular weight is 333 g/mol. The lowest BCUT2D eigenvalue weighted by molar-refractivity contribution is -0.116. The predicted molar refractivity (Wildman–Crippen MR) is 103 cm³/mol. The summed E-state index contributed by atoms with van der Waals surface area (Å²) in [5, 5.41) is 5.30. The molecule has 3 aromatic carbocycles. The molecule has 0 aromatic heterocycles. The molecule has 3 nitrogen and oxygen atoms in total. The summed E-state index contributed by atoms with van der Waals surface area (Å²) < 4.78 is 5.28. The minimum atomic E-state index is 0.0560. The topological polar surface area (TPSA) is 38.3 Å². The van der Waals surface area contributed by atoms with Crippen molar-refractivity contribution >= 4 is 22.4 Å². The van der Waals surface area contributed by atoms with E-state index in [1.165, 1.54) is 10.9 Å². The molecule has 3 heteroatoms. The fraction of sp³-hybridized carbons (Fsp3) is 0.227. The van der Waals surface area contributed by atoms with Gasteiger partial charge in [-0.05, 0) is 59.9 Å². The van der Waals surface area contributed by atoms with Gasteiger partial charge in [-0.3, -0.25) is 4.79 Å². The number of methoxy groups -OCH3 is 1. The summed E-state index contributed by atoms with van der Waals surface area (Å²) in [6, 6.07) is 20.3. The highest BCUT2D eigenvalue weighted by Crippen LogP contribution is 2.21. The second-order valence-electron chi connectivity index (χ2n) is 6.27. The molecule has 0 fully saturated rings. The van der Waals surface area contributed by atoms with E-state index in [0.29, 0.717) is 6.42 Å². The summed E-state index contributed by atoms with van der Waals surface area (Å²) in [4.78, 5) is 12.2. The maximum absolute atomic E-state index is 12.2. The first-order valence-corrected chi connectivity index (χ1v) is 8.58. The normalized spacial score (nSPS) is 10.6. The van der Waals surface area contributed by atoms with Crippen molar-refractivity contribution in [1.29, 1.82) is 0 Å². The molecule has 3 rings (SSSR count). The van der Waals surface area contributed by atoms with Crippen LogP contribution in [-0.4, -0.2) is 13.0 Å². The number of fused-ring (bicyclic) bond motifs is 1. The van der Waals surface area contributed by atoms with Crippen LogP contribution < -0.4 is 10.1 Å². The van der Waals surface area contributed by atoms with Crippen LogP contribution in [0.4, 0.5) is 5.69 Å². The van der Waals surface area contributed by atoms with Crippen LogP contribution in [0.5, 0.6) is 5.75 Å². The molecule has 1 amide bonds. The first-order valence-electron chi connectivity index (χ1n) is 8.58. The summed E-state index contributed by atoms with van der Waals surface area (Å²) >= 11 is 0. The molecular weight excluding hydrogens is 310 g/mol. The number of nitrogens with one attached hydrogen (secondary N) is 1. The lowest BCUT2D eigenvalue weighted by atomic mass is 10.0. The molecule has 0 atom stereocenters. The second kappa shape index (κ2) is 7.84. The monoisotopic (exact) mass is 333 g/mol. The first kappa shape index (κ1) is 17.0. The fourth-order valence-electron chi connectivity index (χ4n) is 3.04. The Morgan fingerprint density at radius 2 is 1.80 bits per heavy atom. The SMILES string of the molecule is COc1ccc(CCCC(=O)Nc2ccc3ccccc3c2)cc1C. The summed E-state index contributed by atoms with van der Waals surface area (Å²) in [5.74, 6) is 0.957. The predicted octanol–water partition coefficient (Wildman–Crippen LogP) is 5.12. The maximum Gasteiger partial charge on any atom is 0.224 e. The highest BCUT2D eigenvalue weighted by molar-refractivity contribution is 5.94. The fourth-order valence-corrected chi connectivity index (χ4v) is 3.04. The van der Waals surface area contributed by atoms with Gasteiger partial charge < -0.3 is 10.1 Å². The van der Waals surface area contributed by atoms with E-state index in [0.717, 1.165) is 35.2 Å². The average Bonchev–Trinajstić information content (AvgIpc) is 2.62. The Balaban J connectivity index is 1.53. The van der Waals surface area contributed by atoms with Crippen LogP contribution in [0.1, 0.15) is 24.0 Å². The van der Waals surface area contributed by atoms with Gasteiger partial charge in [-0.15, -0.1) is 0 Å². The van der Waals surface area contributed by atoms with Crippen molar-refractivity contribution in [2.45, 2.75) is 26.2 Å². The molecule has 0 unspecified atom stereocenters. The highest BCUT2D eigenvalue weighted by atomic mass is 16.5. The summed E-state index contributed by atoms with van der Waals surface area (Å²) in [7, 11) is 1.68. The van der Waals surface area contributed by atoms with Crippen LogP contribution in [0.15, 0.2) is 60.7 Å². The highest BCUT2D eigenvalue weighted by Gasteiger charge is 2.05. The van der Waals surface area contributed by atoms with Crippen molar-refractivity contribution in [3.8, 4) is 5.75 Å². The van der Waals surface area contributed by atoms with E-state index in [2.05, 4.69) is 29.6 Å². The van der Waals surface area contributed by atoms with E-state index in [4.69, 9.17) is 4.74 Å². The van der Waals surface area contributed by atoms with Crippen LogP contribution in [0, 0.1) is 6.92 Å². The van der Waals surface area contributed by atoms with Crippen molar-refractivity contribution in [2.24, 2.45) is 0 Å². The molecule has 0 spiro atoms. The third-order valence-corrected chi connectivity index (χ3v) is 4.36. The van der Waals surface area contributed by atoms with Gasteiger partial charge in [0.2, 0.25) is 5.91 Å². The van der Waals surface area contributed by atoms with E-state index >= 15 is 0 Å². The molecule has 1 N–H and O–H groups in total. The van der Waals surface area contributed by atoms with E-state index < -0.39 is 0 Å². The zero-order valence-electron chi connectivity index (χ0n) is 14.7. The molecule has 0 aliphatic rings. The third kappa shape index (κ3) is 4.38. The number of aryl methyl sites for hydroxylation is 2. The third-order valence-electron chi connectivity index (χ3n) is 4.36. The van der Waals surface area contributed by atoms with E-state index in [1.54, 1.807) is 7.11 Å². The maximum atomic E-state index is 12.2. The molecule has 0 radical (unpaired) electrons. The number of carbonyl (C=O) groups is 1. The summed E-state index contributed by atoms with van der Waals surface area (Å²) in [5.41, 5.74) is 3.21. The van der Waals surface area contributed by atoms with Crippen LogP contribution in [0.25, 0.3) is 10.8 Å². The van der Waals surface area contributed by atoms with Gasteiger partial charge in [0.25, 0.3) is 0 Å². The van der Waals surface area contributed by atoms with Gasteiger partial charge in [0.1, 0.15) is 5.75 Å². The minimum Gasteiger partial charge on any atom is -0.496 e. The van der Waals surface area contributed by atoms with E-state index in [1.807, 2.05) is 43.3 Å². The van der Waals surface area contributed by atoms with Gasteiger partial charge >= 0.3 is 0 Å². The van der Waals surface area contributed by atoms with Crippen LogP contribution in [0.2, 0.25) is 0 Å². The molecule has 0 heterocycles. The molecule has 0 saturated carbocycles. The first-order chi connectivity index (χ1) is 12.2. The molecule has 0 saturated heterocycles. The largest absolute Gasteiger partial charge is 0.496 e. The van der Waals surface area contributed by atoms with Gasteiger partial charge in [-0.25, -0.2) is 0 Å². The molecule has 128 valence electrons. The lowest BCUT2D eigenvalue weighted by Gasteiger charge is -2.08. The zero-order chi connectivity index (χ0) is 17.6. The minimum absolute atomic E-state index is 0.0560. The number of hydrogen-bond acceptors (Lipinski definition) is 2. The van der Waals surface area contributed by atoms with Crippen molar-refractivity contribution in [3.05, 3.63) is 71.8 Å². The van der Waals surface area contributed by atoms with Crippen molar-refractivity contribution in [1.82, 2.24) is 0 Å². The van der Waals surface area contributed by atoms with Crippen molar-refractivity contribution in [2.75, 3.05) is 12.4 Å². The van der Waals surface area contributed by atoms with E-state index in [-0.39, 0.29) is 5.91 Å². The molecule has 3 aromatic rings. The second-order valence-corrected chi connectivity index (χ2v) is 6.27. The van der Waals surface area contributed by atoms with Gasteiger partial charge in [-0.2, -0.15) is 0 Å². The number of amides is 1. The quantitative estimate of drug-likeness (QED) is 0.680. The van der Waals surface area contributed by atoms with Gasteiger partial charge in [0.05, 0.1) is 7.11 Å². The van der Waals surface area contributed by atoms with Crippen LogP contribution in [0.3, 0.4) is 0 Å². The number of ether oxygens (including phenoxy) is 1. The smallest absolute Gasteiger partial charge is 0.224 e.